The number of pyridine rings is 2. The first-order valence-electron chi connectivity index (χ1n) is 8.40. The third-order valence-corrected chi connectivity index (χ3v) is 4.77. The molecule has 1 aromatic carbocycles. The molecule has 0 bridgehead atoms. The number of nitrogens with two attached hydrogens (primary N) is 1. The standard InChI is InChI=1S/C20H15F2N5O/c1-27-18(28)20(26-19(27)23,12-6-9-24-10-7-12)13-4-5-16(21)15(11-13)14-3-2-8-25-17(14)22/h2-11H,1H3,(H2,23,26)/t20-/m1/s1. The van der Waals surface area contributed by atoms with Crippen LogP contribution >= 0.6 is 0 Å². The van der Waals surface area contributed by atoms with E-state index in [9.17, 15) is 13.6 Å². The Balaban J connectivity index is 1.99. The molecule has 0 unspecified atom stereocenters. The fourth-order valence-electron chi connectivity index (χ4n) is 3.32. The molecule has 140 valence electrons. The minimum atomic E-state index is -1.51. The zero-order valence-electron chi connectivity index (χ0n) is 14.8. The van der Waals surface area contributed by atoms with E-state index in [2.05, 4.69) is 15.0 Å². The molecule has 2 N–H and O–H groups in total. The van der Waals surface area contributed by atoms with E-state index in [1.807, 2.05) is 0 Å². The van der Waals surface area contributed by atoms with Crippen LogP contribution in [0.5, 0.6) is 0 Å². The maximum absolute atomic E-state index is 14.5. The summed E-state index contributed by atoms with van der Waals surface area (Å²) in [6, 6.07) is 10.2. The van der Waals surface area contributed by atoms with Crippen LogP contribution in [-0.4, -0.2) is 33.8 Å². The van der Waals surface area contributed by atoms with Crippen molar-refractivity contribution >= 4 is 11.9 Å². The number of benzene rings is 1. The van der Waals surface area contributed by atoms with Crippen molar-refractivity contribution in [2.24, 2.45) is 10.7 Å². The number of likely N-dealkylation sites (N-methyl/N-ethyl adjacent to an activating group) is 1. The van der Waals surface area contributed by atoms with E-state index in [4.69, 9.17) is 5.73 Å². The van der Waals surface area contributed by atoms with Crippen LogP contribution < -0.4 is 5.73 Å². The summed E-state index contributed by atoms with van der Waals surface area (Å²) in [7, 11) is 1.51. The molecule has 0 aliphatic carbocycles. The number of hydrogen-bond donors (Lipinski definition) is 1. The van der Waals surface area contributed by atoms with Gasteiger partial charge in [0.1, 0.15) is 5.82 Å². The van der Waals surface area contributed by atoms with Crippen molar-refractivity contribution in [1.29, 1.82) is 0 Å². The van der Waals surface area contributed by atoms with E-state index in [1.54, 1.807) is 12.1 Å². The second-order valence-electron chi connectivity index (χ2n) is 6.32. The molecule has 3 heterocycles. The molecule has 28 heavy (non-hydrogen) atoms. The first kappa shape index (κ1) is 17.7. The highest BCUT2D eigenvalue weighted by atomic mass is 19.1. The second kappa shape index (κ2) is 6.49. The summed E-state index contributed by atoms with van der Waals surface area (Å²) in [5, 5.41) is 0. The van der Waals surface area contributed by atoms with E-state index in [-0.39, 0.29) is 17.1 Å². The normalized spacial score (nSPS) is 19.0. The molecule has 1 amide bonds. The van der Waals surface area contributed by atoms with Gasteiger partial charge in [0.25, 0.3) is 5.91 Å². The number of halogens is 2. The molecule has 8 heteroatoms. The van der Waals surface area contributed by atoms with Gasteiger partial charge in [0.15, 0.2) is 11.5 Å². The van der Waals surface area contributed by atoms with Crippen molar-refractivity contribution in [2.75, 3.05) is 7.05 Å². The van der Waals surface area contributed by atoms with E-state index < -0.39 is 23.2 Å². The molecule has 0 saturated heterocycles. The van der Waals surface area contributed by atoms with Gasteiger partial charge in [-0.1, -0.05) is 6.07 Å². The Hall–Kier alpha value is -3.68. The Kier molecular flexibility index (Phi) is 4.11. The number of carbonyl (C=O) groups excluding carboxylic acids is 1. The van der Waals surface area contributed by atoms with Gasteiger partial charge >= 0.3 is 0 Å². The third-order valence-electron chi connectivity index (χ3n) is 4.77. The van der Waals surface area contributed by atoms with Crippen molar-refractivity contribution in [3.8, 4) is 11.1 Å². The van der Waals surface area contributed by atoms with E-state index >= 15 is 0 Å². The summed E-state index contributed by atoms with van der Waals surface area (Å²) in [6.45, 7) is 0. The van der Waals surface area contributed by atoms with Crippen LogP contribution in [-0.2, 0) is 10.3 Å². The molecule has 3 aromatic rings. The fraction of sp³-hybridized carbons (Fsp3) is 0.100. The Bertz CT molecular complexity index is 1100. The molecule has 4 rings (SSSR count). The largest absolute Gasteiger partial charge is 0.369 e. The Morgan fingerprint density at radius 3 is 2.39 bits per heavy atom. The van der Waals surface area contributed by atoms with Crippen LogP contribution in [0, 0.1) is 11.8 Å². The molecular formula is C20H15F2N5O. The average molecular weight is 379 g/mol. The van der Waals surface area contributed by atoms with Gasteiger partial charge in [0.2, 0.25) is 5.95 Å². The SMILES string of the molecule is CN1C(=O)[C@@](c2ccncc2)(c2ccc(F)c(-c3cccnc3F)c2)N=C1N. The number of rotatable bonds is 3. The lowest BCUT2D eigenvalue weighted by atomic mass is 9.82. The van der Waals surface area contributed by atoms with Gasteiger partial charge in [-0.15, -0.1) is 0 Å². The van der Waals surface area contributed by atoms with Gasteiger partial charge in [-0.3, -0.25) is 14.7 Å². The van der Waals surface area contributed by atoms with Crippen molar-refractivity contribution < 1.29 is 13.6 Å². The number of carbonyl (C=O) groups is 1. The molecule has 1 aliphatic heterocycles. The number of hydrogen-bond acceptors (Lipinski definition) is 5. The summed E-state index contributed by atoms with van der Waals surface area (Å²) in [4.78, 5) is 26.4. The van der Waals surface area contributed by atoms with Gasteiger partial charge in [-0.2, -0.15) is 4.39 Å². The van der Waals surface area contributed by atoms with Crippen LogP contribution in [0.25, 0.3) is 11.1 Å². The van der Waals surface area contributed by atoms with Gasteiger partial charge < -0.3 is 5.73 Å². The summed E-state index contributed by atoms with van der Waals surface area (Å²) in [5.41, 5.74) is 5.25. The Labute approximate surface area is 159 Å². The topological polar surface area (TPSA) is 84.5 Å². The quantitative estimate of drug-likeness (QED) is 0.709. The molecule has 0 spiro atoms. The number of aliphatic imine (C=N–C) groups is 1. The highest BCUT2D eigenvalue weighted by Gasteiger charge is 2.49. The zero-order chi connectivity index (χ0) is 19.9. The predicted octanol–water partition coefficient (Wildman–Crippen LogP) is 2.45. The van der Waals surface area contributed by atoms with Crippen LogP contribution in [0.1, 0.15) is 11.1 Å². The minimum Gasteiger partial charge on any atom is -0.369 e. The molecular weight excluding hydrogens is 364 g/mol. The van der Waals surface area contributed by atoms with Crippen molar-refractivity contribution in [3.05, 3.63) is 83.9 Å². The number of guanidine groups is 1. The highest BCUT2D eigenvalue weighted by molar-refractivity contribution is 6.09. The van der Waals surface area contributed by atoms with Crippen LogP contribution in [0.3, 0.4) is 0 Å². The fourth-order valence-corrected chi connectivity index (χ4v) is 3.32. The molecule has 1 aliphatic rings. The van der Waals surface area contributed by atoms with E-state index in [0.717, 1.165) is 0 Å². The third kappa shape index (κ3) is 2.53. The molecule has 0 saturated carbocycles. The van der Waals surface area contributed by atoms with Crippen molar-refractivity contribution in [1.82, 2.24) is 14.9 Å². The van der Waals surface area contributed by atoms with Crippen molar-refractivity contribution in [2.45, 2.75) is 5.54 Å². The summed E-state index contributed by atoms with van der Waals surface area (Å²) in [6.07, 6.45) is 4.33. The molecule has 1 atom stereocenters. The molecule has 0 fully saturated rings. The van der Waals surface area contributed by atoms with Gasteiger partial charge in [-0.25, -0.2) is 14.4 Å². The zero-order valence-corrected chi connectivity index (χ0v) is 14.8. The predicted molar refractivity (Wildman–Crippen MR) is 99.0 cm³/mol. The van der Waals surface area contributed by atoms with Gasteiger partial charge in [0, 0.05) is 36.8 Å². The monoisotopic (exact) mass is 379 g/mol. The lowest BCUT2D eigenvalue weighted by Crippen LogP contribution is -2.41. The molecule has 6 nitrogen and oxygen atoms in total. The smallest absolute Gasteiger partial charge is 0.266 e. The minimum absolute atomic E-state index is 0.0116. The van der Waals surface area contributed by atoms with Crippen LogP contribution in [0.2, 0.25) is 0 Å². The highest BCUT2D eigenvalue weighted by Crippen LogP contribution is 2.40. The number of nitrogens with zero attached hydrogens (tertiary/aromatic N) is 4. The summed E-state index contributed by atoms with van der Waals surface area (Å²) < 4.78 is 28.7. The number of aromatic nitrogens is 2. The molecule has 0 radical (unpaired) electrons. The maximum atomic E-state index is 14.5. The Morgan fingerprint density at radius 2 is 1.75 bits per heavy atom. The maximum Gasteiger partial charge on any atom is 0.266 e. The van der Waals surface area contributed by atoms with Crippen LogP contribution in [0.15, 0.2) is 66.0 Å². The Morgan fingerprint density at radius 1 is 1.00 bits per heavy atom. The second-order valence-corrected chi connectivity index (χ2v) is 6.32. The van der Waals surface area contributed by atoms with E-state index in [1.165, 1.54) is 60.9 Å². The summed E-state index contributed by atoms with van der Waals surface area (Å²) >= 11 is 0. The first-order valence-corrected chi connectivity index (χ1v) is 8.40. The molecule has 2 aromatic heterocycles. The number of amides is 1. The van der Waals surface area contributed by atoms with E-state index in [0.29, 0.717) is 11.1 Å². The summed E-state index contributed by atoms with van der Waals surface area (Å²) in [5.74, 6) is -1.83. The van der Waals surface area contributed by atoms with Crippen LogP contribution in [0.4, 0.5) is 8.78 Å². The first-order chi connectivity index (χ1) is 13.4. The van der Waals surface area contributed by atoms with Gasteiger partial charge in [0.05, 0.1) is 0 Å². The van der Waals surface area contributed by atoms with Crippen molar-refractivity contribution in [3.63, 3.8) is 0 Å². The lowest BCUT2D eigenvalue weighted by Gasteiger charge is -2.26. The lowest BCUT2D eigenvalue weighted by molar-refractivity contribution is -0.129. The van der Waals surface area contributed by atoms with Gasteiger partial charge in [-0.05, 0) is 47.5 Å². The average Bonchev–Trinajstić information content (AvgIpc) is 2.94.